The topological polar surface area (TPSA) is 75.6 Å². The predicted octanol–water partition coefficient (Wildman–Crippen LogP) is 3.70. The van der Waals surface area contributed by atoms with E-state index in [2.05, 4.69) is 9.88 Å². The van der Waals surface area contributed by atoms with Crippen LogP contribution in [-0.2, 0) is 16.9 Å². The molecule has 4 rings (SSSR count). The molecule has 1 fully saturated rings. The first kappa shape index (κ1) is 24.9. The van der Waals surface area contributed by atoms with Gasteiger partial charge in [0.1, 0.15) is 5.54 Å². The fraction of sp³-hybridized carbons (Fsp3) is 0.304. The van der Waals surface area contributed by atoms with Crippen molar-refractivity contribution in [2.45, 2.75) is 19.0 Å². The Labute approximate surface area is 195 Å². The lowest BCUT2D eigenvalue weighted by atomic mass is 9.91. The van der Waals surface area contributed by atoms with Gasteiger partial charge in [0.15, 0.2) is 5.76 Å². The number of hydrogen-bond donors (Lipinski definition) is 1. The van der Waals surface area contributed by atoms with Crippen molar-refractivity contribution in [2.24, 2.45) is 5.73 Å². The van der Waals surface area contributed by atoms with E-state index in [-0.39, 0.29) is 30.7 Å². The maximum atomic E-state index is 13.0. The van der Waals surface area contributed by atoms with E-state index < -0.39 is 5.54 Å². The summed E-state index contributed by atoms with van der Waals surface area (Å²) in [7, 11) is 0. The van der Waals surface area contributed by atoms with Gasteiger partial charge >= 0.3 is 0 Å². The minimum absolute atomic E-state index is 0. The third kappa shape index (κ3) is 5.66. The quantitative estimate of drug-likeness (QED) is 0.625. The normalized spacial score (nSPS) is 16.0. The molecule has 6 nitrogen and oxygen atoms in total. The highest BCUT2D eigenvalue weighted by atomic mass is 35.5. The van der Waals surface area contributed by atoms with Gasteiger partial charge in [0, 0.05) is 31.7 Å². The molecule has 0 saturated carbocycles. The number of benzene rings is 2. The van der Waals surface area contributed by atoms with Crippen LogP contribution < -0.4 is 5.73 Å². The number of aromatic nitrogens is 1. The van der Waals surface area contributed by atoms with Gasteiger partial charge in [0.05, 0.1) is 12.7 Å². The maximum Gasteiger partial charge on any atom is 0.247 e. The van der Waals surface area contributed by atoms with Gasteiger partial charge in [-0.1, -0.05) is 60.7 Å². The minimum atomic E-state index is -1.02. The van der Waals surface area contributed by atoms with Crippen LogP contribution in [0.5, 0.6) is 0 Å². The zero-order chi connectivity index (χ0) is 20.3. The molecule has 2 N–H and O–H groups in total. The van der Waals surface area contributed by atoms with Crippen molar-refractivity contribution in [3.05, 3.63) is 78.3 Å². The fourth-order valence-corrected chi connectivity index (χ4v) is 3.66. The Balaban J connectivity index is 0.00000171. The van der Waals surface area contributed by atoms with Crippen LogP contribution in [0.25, 0.3) is 11.3 Å². The summed E-state index contributed by atoms with van der Waals surface area (Å²) in [6, 6.07) is 19.5. The molecule has 1 atom stereocenters. The van der Waals surface area contributed by atoms with Gasteiger partial charge in [-0.3, -0.25) is 9.69 Å². The van der Waals surface area contributed by atoms with Crippen LogP contribution in [0.4, 0.5) is 0 Å². The van der Waals surface area contributed by atoms with Crippen molar-refractivity contribution in [1.82, 2.24) is 14.8 Å². The van der Waals surface area contributed by atoms with E-state index in [0.717, 1.165) is 30.0 Å². The number of hydrogen-bond acceptors (Lipinski definition) is 5. The van der Waals surface area contributed by atoms with E-state index in [1.54, 1.807) is 13.1 Å². The molecular weight excluding hydrogens is 435 g/mol. The van der Waals surface area contributed by atoms with E-state index in [9.17, 15) is 4.79 Å². The molecule has 3 aromatic rings. The second-order valence-electron chi connectivity index (χ2n) is 7.62. The molecule has 1 aromatic heterocycles. The van der Waals surface area contributed by atoms with Crippen LogP contribution in [0, 0.1) is 0 Å². The average Bonchev–Trinajstić information content (AvgIpc) is 3.23. The molecule has 0 radical (unpaired) electrons. The summed E-state index contributed by atoms with van der Waals surface area (Å²) in [6.07, 6.45) is 1.77. The Hall–Kier alpha value is -2.38. The molecule has 1 aliphatic rings. The van der Waals surface area contributed by atoms with E-state index in [0.29, 0.717) is 25.5 Å². The molecule has 1 aliphatic heterocycles. The highest BCUT2D eigenvalue weighted by Crippen LogP contribution is 2.23. The number of amides is 1. The number of carbonyl (C=O) groups is 1. The number of piperazine rings is 1. The summed E-state index contributed by atoms with van der Waals surface area (Å²) >= 11 is 0. The van der Waals surface area contributed by atoms with Crippen molar-refractivity contribution in [1.29, 1.82) is 0 Å². The minimum Gasteiger partial charge on any atom is -0.439 e. The lowest BCUT2D eigenvalue weighted by Crippen LogP contribution is -2.56. The average molecular weight is 463 g/mol. The monoisotopic (exact) mass is 462 g/mol. The Morgan fingerprint density at radius 1 is 1.00 bits per heavy atom. The summed E-state index contributed by atoms with van der Waals surface area (Å²) < 4.78 is 5.91. The Kier molecular flexibility index (Phi) is 8.65. The van der Waals surface area contributed by atoms with Crippen molar-refractivity contribution in [3.8, 4) is 11.3 Å². The summed E-state index contributed by atoms with van der Waals surface area (Å²) in [4.78, 5) is 21.5. The molecule has 31 heavy (non-hydrogen) atoms. The highest BCUT2D eigenvalue weighted by Gasteiger charge is 2.35. The SMILES string of the molecule is CC(N)(C(=O)N1CCN(Cc2ncc(-c3ccccc3)o2)CC1)c1ccccc1.Cl.Cl. The molecule has 0 spiro atoms. The fourth-order valence-electron chi connectivity index (χ4n) is 3.66. The van der Waals surface area contributed by atoms with Crippen molar-refractivity contribution >= 4 is 30.7 Å². The third-order valence-electron chi connectivity index (χ3n) is 5.45. The molecule has 8 heteroatoms. The number of carbonyl (C=O) groups excluding carboxylic acids is 1. The van der Waals surface area contributed by atoms with E-state index in [1.807, 2.05) is 65.6 Å². The predicted molar refractivity (Wildman–Crippen MR) is 126 cm³/mol. The van der Waals surface area contributed by atoms with Gasteiger partial charge in [-0.25, -0.2) is 4.98 Å². The molecule has 166 valence electrons. The van der Waals surface area contributed by atoms with Crippen LogP contribution in [0.1, 0.15) is 18.4 Å². The van der Waals surface area contributed by atoms with Crippen molar-refractivity contribution in [3.63, 3.8) is 0 Å². The molecule has 1 saturated heterocycles. The van der Waals surface area contributed by atoms with Crippen LogP contribution in [0.2, 0.25) is 0 Å². The van der Waals surface area contributed by atoms with Gasteiger partial charge in [0.2, 0.25) is 11.8 Å². The van der Waals surface area contributed by atoms with Crippen LogP contribution in [0.3, 0.4) is 0 Å². The van der Waals surface area contributed by atoms with Crippen molar-refractivity contribution < 1.29 is 9.21 Å². The Morgan fingerprint density at radius 2 is 1.58 bits per heavy atom. The zero-order valence-corrected chi connectivity index (χ0v) is 19.1. The standard InChI is InChI=1S/C23H26N4O2.2ClH/c1-23(24,19-10-6-3-7-11-19)22(28)27-14-12-26(13-15-27)17-21-25-16-20(29-21)18-8-4-2-5-9-18;;/h2-11,16H,12-15,17,24H2,1H3;2*1H. The van der Waals surface area contributed by atoms with Gasteiger partial charge < -0.3 is 15.1 Å². The molecule has 2 aromatic carbocycles. The summed E-state index contributed by atoms with van der Waals surface area (Å²) in [5.74, 6) is 1.43. The lowest BCUT2D eigenvalue weighted by molar-refractivity contribution is -0.138. The molecule has 1 unspecified atom stereocenters. The zero-order valence-electron chi connectivity index (χ0n) is 17.4. The molecule has 0 bridgehead atoms. The highest BCUT2D eigenvalue weighted by molar-refractivity contribution is 5.87. The third-order valence-corrected chi connectivity index (χ3v) is 5.45. The first-order chi connectivity index (χ1) is 14.0. The summed E-state index contributed by atoms with van der Waals surface area (Å²) in [6.45, 7) is 5.23. The smallest absolute Gasteiger partial charge is 0.247 e. The first-order valence-corrected chi connectivity index (χ1v) is 9.90. The summed E-state index contributed by atoms with van der Waals surface area (Å²) in [5.41, 5.74) is 7.23. The molecule has 1 amide bonds. The number of rotatable bonds is 5. The van der Waals surface area contributed by atoms with Gasteiger partial charge in [0.25, 0.3) is 0 Å². The van der Waals surface area contributed by atoms with E-state index >= 15 is 0 Å². The number of oxazole rings is 1. The molecule has 2 heterocycles. The Morgan fingerprint density at radius 3 is 2.19 bits per heavy atom. The second-order valence-corrected chi connectivity index (χ2v) is 7.62. The van der Waals surface area contributed by atoms with Gasteiger partial charge in [-0.2, -0.15) is 0 Å². The second kappa shape index (κ2) is 10.8. The van der Waals surface area contributed by atoms with Crippen LogP contribution in [0.15, 0.2) is 71.3 Å². The summed E-state index contributed by atoms with van der Waals surface area (Å²) in [5, 5.41) is 0. The van der Waals surface area contributed by atoms with Crippen LogP contribution >= 0.6 is 24.8 Å². The van der Waals surface area contributed by atoms with E-state index in [4.69, 9.17) is 10.2 Å². The van der Waals surface area contributed by atoms with E-state index in [1.165, 1.54) is 0 Å². The largest absolute Gasteiger partial charge is 0.439 e. The number of nitrogens with two attached hydrogens (primary N) is 1. The Bertz CT molecular complexity index is 956. The van der Waals surface area contributed by atoms with Gasteiger partial charge in [-0.15, -0.1) is 24.8 Å². The lowest BCUT2D eigenvalue weighted by Gasteiger charge is -2.38. The van der Waals surface area contributed by atoms with Crippen LogP contribution in [-0.4, -0.2) is 46.9 Å². The number of nitrogens with zero attached hydrogens (tertiary/aromatic N) is 3. The number of halogens is 2. The van der Waals surface area contributed by atoms with Crippen molar-refractivity contribution in [2.75, 3.05) is 26.2 Å². The molecular formula is C23H28Cl2N4O2. The molecule has 0 aliphatic carbocycles. The maximum absolute atomic E-state index is 13.0. The van der Waals surface area contributed by atoms with Gasteiger partial charge in [-0.05, 0) is 12.5 Å². The first-order valence-electron chi connectivity index (χ1n) is 9.90.